The summed E-state index contributed by atoms with van der Waals surface area (Å²) in [6.45, 7) is 4.46. The minimum Gasteiger partial charge on any atom is -0.352 e. The standard InChI is InChI=1S/C22H21ClN4O2/c1-16-5-2-3-8-19(16)22(29)26-13-11-25(12-14-26)20-9-10-21(28)27(24-20)18-7-4-6-17(23)15-18/h2-10,15H,11-14H2,1H3. The first-order valence-electron chi connectivity index (χ1n) is 9.49. The first-order valence-corrected chi connectivity index (χ1v) is 9.87. The van der Waals surface area contributed by atoms with Gasteiger partial charge in [0, 0.05) is 42.8 Å². The van der Waals surface area contributed by atoms with Crippen molar-refractivity contribution in [1.29, 1.82) is 0 Å². The number of amides is 1. The van der Waals surface area contributed by atoms with Gasteiger partial charge in [-0.3, -0.25) is 9.59 Å². The maximum absolute atomic E-state index is 12.8. The lowest BCUT2D eigenvalue weighted by atomic mass is 10.1. The molecular formula is C22H21ClN4O2. The molecule has 1 aliphatic rings. The van der Waals surface area contributed by atoms with Crippen LogP contribution < -0.4 is 10.5 Å². The van der Waals surface area contributed by atoms with Gasteiger partial charge in [-0.15, -0.1) is 5.10 Å². The van der Waals surface area contributed by atoms with Crippen LogP contribution in [0, 0.1) is 6.92 Å². The van der Waals surface area contributed by atoms with E-state index in [0.717, 1.165) is 11.1 Å². The molecule has 1 amide bonds. The van der Waals surface area contributed by atoms with E-state index >= 15 is 0 Å². The molecule has 0 unspecified atom stereocenters. The van der Waals surface area contributed by atoms with E-state index in [-0.39, 0.29) is 11.5 Å². The highest BCUT2D eigenvalue weighted by Crippen LogP contribution is 2.17. The Morgan fingerprint density at radius 1 is 0.966 bits per heavy atom. The molecule has 29 heavy (non-hydrogen) atoms. The number of rotatable bonds is 3. The van der Waals surface area contributed by atoms with Crippen molar-refractivity contribution in [2.45, 2.75) is 6.92 Å². The van der Waals surface area contributed by atoms with Gasteiger partial charge >= 0.3 is 0 Å². The van der Waals surface area contributed by atoms with Crippen molar-refractivity contribution in [3.05, 3.63) is 87.2 Å². The second kappa shape index (κ2) is 8.09. The van der Waals surface area contributed by atoms with E-state index in [2.05, 4.69) is 10.00 Å². The van der Waals surface area contributed by atoms with Crippen molar-refractivity contribution >= 4 is 23.3 Å². The van der Waals surface area contributed by atoms with Crippen LogP contribution >= 0.6 is 11.6 Å². The van der Waals surface area contributed by atoms with Gasteiger partial charge in [-0.2, -0.15) is 4.68 Å². The second-order valence-corrected chi connectivity index (χ2v) is 7.45. The Bertz CT molecular complexity index is 1100. The van der Waals surface area contributed by atoms with Gasteiger partial charge in [-0.1, -0.05) is 35.9 Å². The Morgan fingerprint density at radius 3 is 2.45 bits per heavy atom. The zero-order valence-electron chi connectivity index (χ0n) is 16.1. The predicted octanol–water partition coefficient (Wildman–Crippen LogP) is 3.16. The van der Waals surface area contributed by atoms with Gasteiger partial charge in [0.25, 0.3) is 11.5 Å². The summed E-state index contributed by atoms with van der Waals surface area (Å²) >= 11 is 6.05. The number of hydrogen-bond donors (Lipinski definition) is 0. The molecule has 0 radical (unpaired) electrons. The van der Waals surface area contributed by atoms with E-state index in [1.807, 2.05) is 36.1 Å². The maximum atomic E-state index is 12.8. The predicted molar refractivity (Wildman–Crippen MR) is 114 cm³/mol. The number of hydrogen-bond acceptors (Lipinski definition) is 4. The molecule has 3 aromatic rings. The summed E-state index contributed by atoms with van der Waals surface area (Å²) in [5.74, 6) is 0.757. The van der Waals surface area contributed by atoms with Gasteiger partial charge < -0.3 is 9.80 Å². The van der Waals surface area contributed by atoms with E-state index in [0.29, 0.717) is 42.7 Å². The highest BCUT2D eigenvalue weighted by atomic mass is 35.5. The fourth-order valence-electron chi connectivity index (χ4n) is 3.48. The van der Waals surface area contributed by atoms with E-state index in [9.17, 15) is 9.59 Å². The lowest BCUT2D eigenvalue weighted by molar-refractivity contribution is 0.0745. The monoisotopic (exact) mass is 408 g/mol. The average Bonchev–Trinajstić information content (AvgIpc) is 2.74. The van der Waals surface area contributed by atoms with Crippen LogP contribution in [0.2, 0.25) is 5.02 Å². The Hall–Kier alpha value is -3.12. The van der Waals surface area contributed by atoms with Crippen LogP contribution in [-0.4, -0.2) is 46.8 Å². The zero-order chi connectivity index (χ0) is 20.4. The van der Waals surface area contributed by atoms with Gasteiger partial charge in [0.15, 0.2) is 0 Å². The van der Waals surface area contributed by atoms with Gasteiger partial charge in [-0.25, -0.2) is 0 Å². The first-order chi connectivity index (χ1) is 14.0. The fourth-order valence-corrected chi connectivity index (χ4v) is 3.67. The highest BCUT2D eigenvalue weighted by Gasteiger charge is 2.24. The SMILES string of the molecule is Cc1ccccc1C(=O)N1CCN(c2ccc(=O)n(-c3cccc(Cl)c3)n2)CC1. The molecule has 7 heteroatoms. The van der Waals surface area contributed by atoms with Crippen LogP contribution in [0.3, 0.4) is 0 Å². The molecule has 1 fully saturated rings. The molecule has 0 N–H and O–H groups in total. The lowest BCUT2D eigenvalue weighted by Gasteiger charge is -2.35. The number of aromatic nitrogens is 2. The summed E-state index contributed by atoms with van der Waals surface area (Å²) in [7, 11) is 0. The summed E-state index contributed by atoms with van der Waals surface area (Å²) < 4.78 is 1.35. The van der Waals surface area contributed by atoms with Crippen molar-refractivity contribution in [2.24, 2.45) is 0 Å². The van der Waals surface area contributed by atoms with Gasteiger partial charge in [0.2, 0.25) is 0 Å². The molecule has 2 aromatic carbocycles. The Morgan fingerprint density at radius 2 is 1.72 bits per heavy atom. The largest absolute Gasteiger partial charge is 0.352 e. The van der Waals surface area contributed by atoms with Gasteiger partial charge in [0.05, 0.1) is 5.69 Å². The topological polar surface area (TPSA) is 58.4 Å². The van der Waals surface area contributed by atoms with Gasteiger partial charge in [-0.05, 0) is 42.8 Å². The number of aryl methyl sites for hydroxylation is 1. The minimum absolute atomic E-state index is 0.0552. The molecule has 6 nitrogen and oxygen atoms in total. The summed E-state index contributed by atoms with van der Waals surface area (Å²) in [5, 5.41) is 5.06. The number of piperazine rings is 1. The summed E-state index contributed by atoms with van der Waals surface area (Å²) in [5.41, 5.74) is 2.13. The lowest BCUT2D eigenvalue weighted by Crippen LogP contribution is -2.49. The van der Waals surface area contributed by atoms with Crippen LogP contribution in [0.15, 0.2) is 65.5 Å². The van der Waals surface area contributed by atoms with Crippen LogP contribution in [-0.2, 0) is 0 Å². The van der Waals surface area contributed by atoms with E-state index in [1.165, 1.54) is 10.7 Å². The summed E-state index contributed by atoms with van der Waals surface area (Å²) in [6.07, 6.45) is 0. The summed E-state index contributed by atoms with van der Waals surface area (Å²) in [6, 6.07) is 17.9. The van der Waals surface area contributed by atoms with E-state index < -0.39 is 0 Å². The number of carbonyl (C=O) groups excluding carboxylic acids is 1. The second-order valence-electron chi connectivity index (χ2n) is 7.02. The molecular weight excluding hydrogens is 388 g/mol. The number of nitrogens with zero attached hydrogens (tertiary/aromatic N) is 4. The van der Waals surface area contributed by atoms with Gasteiger partial charge in [0.1, 0.15) is 5.82 Å². The fraction of sp³-hybridized carbons (Fsp3) is 0.227. The number of carbonyl (C=O) groups is 1. The highest BCUT2D eigenvalue weighted by molar-refractivity contribution is 6.30. The molecule has 1 aliphatic heterocycles. The Labute approximate surface area is 173 Å². The number of anilines is 1. The quantitative estimate of drug-likeness (QED) is 0.668. The molecule has 0 aliphatic carbocycles. The third-order valence-corrected chi connectivity index (χ3v) is 5.34. The average molecular weight is 409 g/mol. The Kier molecular flexibility index (Phi) is 5.36. The smallest absolute Gasteiger partial charge is 0.271 e. The third-order valence-electron chi connectivity index (χ3n) is 5.11. The summed E-state index contributed by atoms with van der Waals surface area (Å²) in [4.78, 5) is 29.0. The minimum atomic E-state index is -0.218. The molecule has 148 valence electrons. The van der Waals surface area contributed by atoms with E-state index in [1.54, 1.807) is 30.3 Å². The first kappa shape index (κ1) is 19.2. The van der Waals surface area contributed by atoms with Crippen molar-refractivity contribution in [3.63, 3.8) is 0 Å². The molecule has 1 aromatic heterocycles. The molecule has 0 saturated carbocycles. The molecule has 2 heterocycles. The zero-order valence-corrected chi connectivity index (χ0v) is 16.8. The normalized spacial score (nSPS) is 14.1. The van der Waals surface area contributed by atoms with Crippen LogP contribution in [0.4, 0.5) is 5.82 Å². The molecule has 1 saturated heterocycles. The number of benzene rings is 2. The maximum Gasteiger partial charge on any atom is 0.271 e. The van der Waals surface area contributed by atoms with Crippen LogP contribution in [0.25, 0.3) is 5.69 Å². The van der Waals surface area contributed by atoms with Crippen molar-refractivity contribution in [3.8, 4) is 5.69 Å². The van der Waals surface area contributed by atoms with E-state index in [4.69, 9.17) is 11.6 Å². The molecule has 0 bridgehead atoms. The van der Waals surface area contributed by atoms with Crippen molar-refractivity contribution in [1.82, 2.24) is 14.7 Å². The Balaban J connectivity index is 1.50. The number of halogens is 1. The third kappa shape index (κ3) is 4.03. The molecule has 0 atom stereocenters. The van der Waals surface area contributed by atoms with Crippen LogP contribution in [0.1, 0.15) is 15.9 Å². The molecule has 4 rings (SSSR count). The molecule has 0 spiro atoms. The van der Waals surface area contributed by atoms with Crippen molar-refractivity contribution < 1.29 is 4.79 Å². The van der Waals surface area contributed by atoms with Crippen molar-refractivity contribution in [2.75, 3.05) is 31.1 Å². The van der Waals surface area contributed by atoms with Crippen LogP contribution in [0.5, 0.6) is 0 Å².